The fourth-order valence-electron chi connectivity index (χ4n) is 3.11. The highest BCUT2D eigenvalue weighted by Crippen LogP contribution is 2.15. The highest BCUT2D eigenvalue weighted by atomic mass is 127. The number of hydrogen-bond donors (Lipinski definition) is 2. The quantitative estimate of drug-likeness (QED) is 0.293. The van der Waals surface area contributed by atoms with Crippen molar-refractivity contribution in [3.8, 4) is 0 Å². The topological polar surface area (TPSA) is 89.9 Å². The number of aliphatic imine (C=N–C) groups is 1. The lowest BCUT2D eigenvalue weighted by Crippen LogP contribution is -2.46. The fraction of sp³-hybridized carbons (Fsp3) is 0.684. The van der Waals surface area contributed by atoms with Crippen molar-refractivity contribution in [1.82, 2.24) is 20.5 Å². The Morgan fingerprint density at radius 2 is 2.00 bits per heavy atom. The number of nitrogens with zero attached hydrogens (tertiary/aromatic N) is 4. The van der Waals surface area contributed by atoms with Crippen molar-refractivity contribution < 1.29 is 8.42 Å². The van der Waals surface area contributed by atoms with E-state index in [1.807, 2.05) is 19.2 Å². The molecule has 29 heavy (non-hydrogen) atoms. The summed E-state index contributed by atoms with van der Waals surface area (Å²) in [7, 11) is -1.24. The predicted octanol–water partition coefficient (Wildman–Crippen LogP) is 1.33. The molecule has 2 N–H and O–H groups in total. The molecule has 8 nitrogen and oxygen atoms in total. The first-order valence-electron chi connectivity index (χ1n) is 9.88. The zero-order valence-electron chi connectivity index (χ0n) is 17.9. The van der Waals surface area contributed by atoms with Crippen molar-refractivity contribution in [2.24, 2.45) is 4.99 Å². The summed E-state index contributed by atoms with van der Waals surface area (Å²) in [6, 6.07) is 4.14. The van der Waals surface area contributed by atoms with Crippen molar-refractivity contribution in [1.29, 1.82) is 0 Å². The summed E-state index contributed by atoms with van der Waals surface area (Å²) in [6.45, 7) is 10.0. The van der Waals surface area contributed by atoms with E-state index >= 15 is 0 Å². The molecule has 1 aliphatic heterocycles. The van der Waals surface area contributed by atoms with Gasteiger partial charge in [0.25, 0.3) is 0 Å². The minimum absolute atomic E-state index is 0. The standard InChI is InChI=1S/C19H34N6O2S.HI/c1-5-24-9-11-25(12-10-24)18-14-17(6-8-21-18)15-22-19(20-3)23-16(2)7-13-28(4,26)27;/h6,8,14,16H,5,7,9-13,15H2,1-4H3,(H2,20,22,23);1H. The molecule has 1 aromatic heterocycles. The summed E-state index contributed by atoms with van der Waals surface area (Å²) in [4.78, 5) is 13.5. The summed E-state index contributed by atoms with van der Waals surface area (Å²) in [6.07, 6.45) is 3.65. The summed E-state index contributed by atoms with van der Waals surface area (Å²) < 4.78 is 22.6. The van der Waals surface area contributed by atoms with Gasteiger partial charge in [-0.3, -0.25) is 4.99 Å². The number of guanidine groups is 1. The van der Waals surface area contributed by atoms with Crippen LogP contribution < -0.4 is 15.5 Å². The number of hydrogen-bond acceptors (Lipinski definition) is 6. The number of likely N-dealkylation sites (N-methyl/N-ethyl adjacent to an activating group) is 1. The first-order valence-corrected chi connectivity index (χ1v) is 11.9. The Bertz CT molecular complexity index is 751. The lowest BCUT2D eigenvalue weighted by molar-refractivity contribution is 0.270. The Hall–Kier alpha value is -1.14. The molecule has 2 heterocycles. The van der Waals surface area contributed by atoms with Crippen molar-refractivity contribution in [2.75, 3.05) is 56.7 Å². The van der Waals surface area contributed by atoms with Gasteiger partial charge in [-0.1, -0.05) is 6.92 Å². The first kappa shape index (κ1) is 25.9. The lowest BCUT2D eigenvalue weighted by atomic mass is 10.2. The van der Waals surface area contributed by atoms with Crippen LogP contribution in [0.5, 0.6) is 0 Å². The zero-order valence-corrected chi connectivity index (χ0v) is 21.0. The van der Waals surface area contributed by atoms with E-state index in [4.69, 9.17) is 0 Å². The van der Waals surface area contributed by atoms with Gasteiger partial charge in [0.05, 0.1) is 5.75 Å². The highest BCUT2D eigenvalue weighted by Gasteiger charge is 2.17. The van der Waals surface area contributed by atoms with Gasteiger partial charge in [0.15, 0.2) is 5.96 Å². The van der Waals surface area contributed by atoms with Crippen molar-refractivity contribution in [3.05, 3.63) is 23.9 Å². The average molecular weight is 539 g/mol. The molecule has 1 aliphatic rings. The van der Waals surface area contributed by atoms with E-state index in [-0.39, 0.29) is 35.8 Å². The molecule has 166 valence electrons. The number of piperazine rings is 1. The molecule has 0 bridgehead atoms. The zero-order chi connectivity index (χ0) is 20.6. The summed E-state index contributed by atoms with van der Waals surface area (Å²) in [5.74, 6) is 1.84. The largest absolute Gasteiger partial charge is 0.354 e. The summed E-state index contributed by atoms with van der Waals surface area (Å²) in [5, 5.41) is 6.54. The Morgan fingerprint density at radius 3 is 2.59 bits per heavy atom. The minimum Gasteiger partial charge on any atom is -0.354 e. The molecule has 1 aromatic rings. The Kier molecular flexibility index (Phi) is 11.2. The monoisotopic (exact) mass is 538 g/mol. The van der Waals surface area contributed by atoms with E-state index in [9.17, 15) is 8.42 Å². The number of aromatic nitrogens is 1. The van der Waals surface area contributed by atoms with Gasteiger partial charge in [-0.2, -0.15) is 0 Å². The van der Waals surface area contributed by atoms with Crippen LogP contribution in [0, 0.1) is 0 Å². The van der Waals surface area contributed by atoms with Crippen LogP contribution in [0.4, 0.5) is 5.82 Å². The molecule has 1 saturated heterocycles. The van der Waals surface area contributed by atoms with Gasteiger partial charge in [-0.05, 0) is 37.6 Å². The summed E-state index contributed by atoms with van der Waals surface area (Å²) in [5.41, 5.74) is 1.13. The molecule has 1 atom stereocenters. The van der Waals surface area contributed by atoms with Gasteiger partial charge >= 0.3 is 0 Å². The number of nitrogens with one attached hydrogen (secondary N) is 2. The van der Waals surface area contributed by atoms with E-state index < -0.39 is 9.84 Å². The highest BCUT2D eigenvalue weighted by molar-refractivity contribution is 14.0. The second-order valence-corrected chi connectivity index (χ2v) is 9.59. The molecular formula is C19H35IN6O2S. The molecule has 0 radical (unpaired) electrons. The van der Waals surface area contributed by atoms with Crippen LogP contribution in [0.1, 0.15) is 25.8 Å². The van der Waals surface area contributed by atoms with Crippen LogP contribution in [0.25, 0.3) is 0 Å². The first-order chi connectivity index (χ1) is 13.3. The van der Waals surface area contributed by atoms with Crippen LogP contribution in [0.15, 0.2) is 23.3 Å². The number of halogens is 1. The SMILES string of the molecule is CCN1CCN(c2cc(CNC(=NC)NC(C)CCS(C)(=O)=O)ccn2)CC1.I. The fourth-order valence-corrected chi connectivity index (χ4v) is 3.90. The number of anilines is 1. The van der Waals surface area contributed by atoms with E-state index in [1.54, 1.807) is 7.05 Å². The van der Waals surface area contributed by atoms with Crippen LogP contribution in [-0.2, 0) is 16.4 Å². The Labute approximate surface area is 192 Å². The van der Waals surface area contributed by atoms with Crippen LogP contribution in [-0.4, -0.2) is 82.1 Å². The van der Waals surface area contributed by atoms with Crippen molar-refractivity contribution >= 4 is 45.6 Å². The molecule has 0 amide bonds. The molecule has 0 aromatic carbocycles. The van der Waals surface area contributed by atoms with Gasteiger partial charge in [0.2, 0.25) is 0 Å². The molecule has 0 aliphatic carbocycles. The third-order valence-electron chi connectivity index (χ3n) is 4.94. The Morgan fingerprint density at radius 1 is 1.31 bits per heavy atom. The van der Waals surface area contributed by atoms with E-state index in [0.29, 0.717) is 18.9 Å². The molecule has 1 fully saturated rings. The molecule has 1 unspecified atom stereocenters. The normalized spacial score (nSPS) is 16.8. The van der Waals surface area contributed by atoms with Crippen LogP contribution in [0.2, 0.25) is 0 Å². The van der Waals surface area contributed by atoms with E-state index in [0.717, 1.165) is 44.1 Å². The second kappa shape index (κ2) is 12.5. The third kappa shape index (κ3) is 9.47. The van der Waals surface area contributed by atoms with E-state index in [2.05, 4.69) is 43.4 Å². The molecular weight excluding hydrogens is 503 g/mol. The van der Waals surface area contributed by atoms with Gasteiger partial charge < -0.3 is 20.4 Å². The number of pyridine rings is 1. The number of sulfone groups is 1. The molecule has 0 saturated carbocycles. The predicted molar refractivity (Wildman–Crippen MR) is 131 cm³/mol. The van der Waals surface area contributed by atoms with Gasteiger partial charge in [-0.25, -0.2) is 13.4 Å². The number of rotatable bonds is 8. The Balaban J connectivity index is 0.00000420. The minimum atomic E-state index is -2.95. The molecule has 0 spiro atoms. The molecule has 2 rings (SSSR count). The smallest absolute Gasteiger partial charge is 0.191 e. The van der Waals surface area contributed by atoms with Crippen molar-refractivity contribution in [2.45, 2.75) is 32.9 Å². The maximum absolute atomic E-state index is 11.3. The van der Waals surface area contributed by atoms with Crippen LogP contribution >= 0.6 is 24.0 Å². The average Bonchev–Trinajstić information content (AvgIpc) is 2.69. The molecule has 10 heteroatoms. The van der Waals surface area contributed by atoms with Crippen LogP contribution in [0.3, 0.4) is 0 Å². The van der Waals surface area contributed by atoms with Gasteiger partial charge in [0.1, 0.15) is 15.7 Å². The van der Waals surface area contributed by atoms with E-state index in [1.165, 1.54) is 6.26 Å². The van der Waals surface area contributed by atoms with Crippen molar-refractivity contribution in [3.63, 3.8) is 0 Å². The maximum Gasteiger partial charge on any atom is 0.191 e. The summed E-state index contributed by atoms with van der Waals surface area (Å²) >= 11 is 0. The lowest BCUT2D eigenvalue weighted by Gasteiger charge is -2.34. The second-order valence-electron chi connectivity index (χ2n) is 7.33. The van der Waals surface area contributed by atoms with Gasteiger partial charge in [-0.15, -0.1) is 24.0 Å². The van der Waals surface area contributed by atoms with Gasteiger partial charge in [0, 0.05) is 58.3 Å². The third-order valence-corrected chi connectivity index (χ3v) is 5.92. The maximum atomic E-state index is 11.3.